The Balaban J connectivity index is 1.83. The first-order valence-electron chi connectivity index (χ1n) is 10.5. The fourth-order valence-corrected chi connectivity index (χ4v) is 4.21. The second-order valence-electron chi connectivity index (χ2n) is 7.93. The highest BCUT2D eigenvalue weighted by atomic mass is 16.2. The fourth-order valence-electron chi connectivity index (χ4n) is 4.21. The minimum atomic E-state index is -0.574. The molecular formula is C22H29N5O3. The highest BCUT2D eigenvalue weighted by Crippen LogP contribution is 2.27. The standard InChI is InChI=1S/C22H29N5O3/c1-3-4-5-19-22(30)24(12-10-18-8-6-17(2)7-9-18)14-20-26(16-28)25(13-11-23)15-21(29)27(19)20/h6-9,16,19-20H,3-5,10,12-15H2,1-2H3/t19-,20?/m0/s1. The lowest BCUT2D eigenvalue weighted by Gasteiger charge is -2.54. The molecule has 8 nitrogen and oxygen atoms in total. The second kappa shape index (κ2) is 9.72. The summed E-state index contributed by atoms with van der Waals surface area (Å²) in [5.74, 6) is -0.263. The average molecular weight is 412 g/mol. The van der Waals surface area contributed by atoms with Crippen LogP contribution in [0.2, 0.25) is 0 Å². The van der Waals surface area contributed by atoms with Crippen molar-refractivity contribution in [2.45, 2.75) is 51.7 Å². The van der Waals surface area contributed by atoms with Gasteiger partial charge in [0.2, 0.25) is 18.2 Å². The number of fused-ring (bicyclic) bond motifs is 1. The van der Waals surface area contributed by atoms with Crippen LogP contribution in [0.15, 0.2) is 24.3 Å². The molecule has 2 aliphatic rings. The first kappa shape index (κ1) is 21.8. The molecule has 3 rings (SSSR count). The van der Waals surface area contributed by atoms with Crippen molar-refractivity contribution in [1.29, 1.82) is 5.26 Å². The van der Waals surface area contributed by atoms with Crippen molar-refractivity contribution >= 4 is 18.2 Å². The van der Waals surface area contributed by atoms with Crippen LogP contribution in [0.5, 0.6) is 0 Å². The highest BCUT2D eigenvalue weighted by molar-refractivity contribution is 5.90. The van der Waals surface area contributed by atoms with Gasteiger partial charge in [0, 0.05) is 6.54 Å². The van der Waals surface area contributed by atoms with E-state index in [4.69, 9.17) is 5.26 Å². The summed E-state index contributed by atoms with van der Waals surface area (Å²) in [6.45, 7) is 4.73. The number of amides is 3. The van der Waals surface area contributed by atoms with E-state index in [1.54, 1.807) is 9.80 Å². The predicted octanol–water partition coefficient (Wildman–Crippen LogP) is 1.31. The predicted molar refractivity (Wildman–Crippen MR) is 110 cm³/mol. The van der Waals surface area contributed by atoms with E-state index in [2.05, 4.69) is 12.1 Å². The third-order valence-corrected chi connectivity index (χ3v) is 5.86. The lowest BCUT2D eigenvalue weighted by atomic mass is 10.0. The van der Waals surface area contributed by atoms with E-state index in [1.807, 2.05) is 32.0 Å². The summed E-state index contributed by atoms with van der Waals surface area (Å²) >= 11 is 0. The normalized spacial score (nSPS) is 22.1. The van der Waals surface area contributed by atoms with Crippen molar-refractivity contribution in [3.63, 3.8) is 0 Å². The number of hydrazine groups is 1. The molecule has 0 spiro atoms. The van der Waals surface area contributed by atoms with Crippen LogP contribution >= 0.6 is 0 Å². The molecule has 0 saturated carbocycles. The Labute approximate surface area is 177 Å². The Morgan fingerprint density at radius 2 is 1.97 bits per heavy atom. The molecule has 0 radical (unpaired) electrons. The molecule has 1 aromatic rings. The van der Waals surface area contributed by atoms with Gasteiger partial charge in [-0.3, -0.25) is 19.4 Å². The number of carbonyl (C=O) groups is 3. The van der Waals surface area contributed by atoms with E-state index in [9.17, 15) is 14.4 Å². The molecule has 0 aliphatic carbocycles. The number of carbonyl (C=O) groups excluding carboxylic acids is 3. The Morgan fingerprint density at radius 3 is 2.60 bits per heavy atom. The molecule has 2 saturated heterocycles. The summed E-state index contributed by atoms with van der Waals surface area (Å²) in [6.07, 6.45) is 3.10. The van der Waals surface area contributed by atoms with Gasteiger partial charge < -0.3 is 9.80 Å². The molecule has 2 fully saturated rings. The lowest BCUT2D eigenvalue weighted by Crippen LogP contribution is -2.74. The number of nitrogens with zero attached hydrogens (tertiary/aromatic N) is 5. The number of rotatable bonds is 8. The van der Waals surface area contributed by atoms with Gasteiger partial charge in [-0.25, -0.2) is 0 Å². The van der Waals surface area contributed by atoms with Crippen molar-refractivity contribution in [1.82, 2.24) is 19.8 Å². The van der Waals surface area contributed by atoms with E-state index in [0.717, 1.165) is 18.4 Å². The second-order valence-corrected chi connectivity index (χ2v) is 7.93. The van der Waals surface area contributed by atoms with Crippen molar-refractivity contribution in [3.05, 3.63) is 35.4 Å². The quantitative estimate of drug-likeness (QED) is 0.475. The SMILES string of the molecule is CCCC[C@H]1C(=O)N(CCc2ccc(C)cc2)CC2N1C(=O)CN(CC#N)N2C=O. The van der Waals surface area contributed by atoms with Gasteiger partial charge in [-0.05, 0) is 25.3 Å². The summed E-state index contributed by atoms with van der Waals surface area (Å²) < 4.78 is 0. The molecule has 0 N–H and O–H groups in total. The smallest absolute Gasteiger partial charge is 0.245 e. The van der Waals surface area contributed by atoms with E-state index in [-0.39, 0.29) is 31.4 Å². The monoisotopic (exact) mass is 411 g/mol. The van der Waals surface area contributed by atoms with E-state index in [0.29, 0.717) is 25.8 Å². The number of hydrogen-bond acceptors (Lipinski definition) is 5. The van der Waals surface area contributed by atoms with Crippen molar-refractivity contribution < 1.29 is 14.4 Å². The molecule has 1 unspecified atom stereocenters. The van der Waals surface area contributed by atoms with E-state index in [1.165, 1.54) is 15.6 Å². The first-order valence-corrected chi connectivity index (χ1v) is 10.5. The van der Waals surface area contributed by atoms with Crippen molar-refractivity contribution in [3.8, 4) is 6.07 Å². The topological polar surface area (TPSA) is 88.0 Å². The fraction of sp³-hybridized carbons (Fsp3) is 0.545. The zero-order valence-corrected chi connectivity index (χ0v) is 17.7. The van der Waals surface area contributed by atoms with E-state index >= 15 is 0 Å². The molecule has 8 heteroatoms. The van der Waals surface area contributed by atoms with Gasteiger partial charge in [-0.15, -0.1) is 0 Å². The number of benzene rings is 1. The summed E-state index contributed by atoms with van der Waals surface area (Å²) in [6, 6.07) is 9.65. The zero-order chi connectivity index (χ0) is 21.7. The Morgan fingerprint density at radius 1 is 1.23 bits per heavy atom. The third kappa shape index (κ3) is 4.46. The maximum atomic E-state index is 13.3. The van der Waals surface area contributed by atoms with Gasteiger partial charge in [0.25, 0.3) is 0 Å². The van der Waals surface area contributed by atoms with Crippen LogP contribution in [0.4, 0.5) is 0 Å². The molecule has 160 valence electrons. The van der Waals surface area contributed by atoms with Crippen LogP contribution in [-0.2, 0) is 20.8 Å². The van der Waals surface area contributed by atoms with Crippen LogP contribution in [0.3, 0.4) is 0 Å². The maximum Gasteiger partial charge on any atom is 0.245 e. The summed E-state index contributed by atoms with van der Waals surface area (Å²) in [7, 11) is 0. The minimum Gasteiger partial charge on any atom is -0.337 e. The van der Waals surface area contributed by atoms with Crippen LogP contribution in [0, 0.1) is 18.3 Å². The van der Waals surface area contributed by atoms with Crippen molar-refractivity contribution in [2.75, 3.05) is 26.2 Å². The van der Waals surface area contributed by atoms with Crippen LogP contribution in [0.1, 0.15) is 37.3 Å². The molecule has 0 aromatic heterocycles. The molecule has 0 bridgehead atoms. The Kier molecular flexibility index (Phi) is 7.06. The van der Waals surface area contributed by atoms with Crippen molar-refractivity contribution in [2.24, 2.45) is 0 Å². The summed E-state index contributed by atoms with van der Waals surface area (Å²) in [5, 5.41) is 12.0. The molecule has 2 atom stereocenters. The largest absolute Gasteiger partial charge is 0.337 e. The number of hydrogen-bond donors (Lipinski definition) is 0. The number of piperazine rings is 1. The third-order valence-electron chi connectivity index (χ3n) is 5.86. The van der Waals surface area contributed by atoms with Crippen LogP contribution in [0.25, 0.3) is 0 Å². The average Bonchev–Trinajstić information content (AvgIpc) is 2.73. The maximum absolute atomic E-state index is 13.3. The van der Waals surface area contributed by atoms with Gasteiger partial charge in [0.05, 0.1) is 19.2 Å². The molecule has 1 aromatic carbocycles. The Bertz CT molecular complexity index is 819. The molecule has 30 heavy (non-hydrogen) atoms. The zero-order valence-electron chi connectivity index (χ0n) is 17.7. The van der Waals surface area contributed by atoms with Gasteiger partial charge >= 0.3 is 0 Å². The van der Waals surface area contributed by atoms with Gasteiger partial charge in [0.1, 0.15) is 18.8 Å². The van der Waals surface area contributed by atoms with E-state index < -0.39 is 12.2 Å². The van der Waals surface area contributed by atoms with Gasteiger partial charge in [-0.2, -0.15) is 10.3 Å². The molecule has 3 amide bonds. The first-order chi connectivity index (χ1) is 14.5. The minimum absolute atomic E-state index is 0.0498. The van der Waals surface area contributed by atoms with Gasteiger partial charge in [0.15, 0.2) is 0 Å². The number of aryl methyl sites for hydroxylation is 1. The lowest BCUT2D eigenvalue weighted by molar-refractivity contribution is -0.198. The molecular weight excluding hydrogens is 382 g/mol. The summed E-state index contributed by atoms with van der Waals surface area (Å²) in [4.78, 5) is 41.3. The van der Waals surface area contributed by atoms with Gasteiger partial charge in [-0.1, -0.05) is 49.6 Å². The summed E-state index contributed by atoms with van der Waals surface area (Å²) in [5.41, 5.74) is 2.32. The highest BCUT2D eigenvalue weighted by Gasteiger charge is 2.49. The van der Waals surface area contributed by atoms with Crippen LogP contribution < -0.4 is 0 Å². The molecule has 2 aliphatic heterocycles. The molecule has 2 heterocycles. The number of nitriles is 1. The number of unbranched alkanes of at least 4 members (excludes halogenated alkanes) is 1. The Hall–Kier alpha value is -2.92. The van der Waals surface area contributed by atoms with Crippen LogP contribution in [-0.4, -0.2) is 76.4 Å².